The van der Waals surface area contributed by atoms with Gasteiger partial charge in [-0.1, -0.05) is 57.6 Å². The molecule has 0 atom stereocenters. The summed E-state index contributed by atoms with van der Waals surface area (Å²) in [6, 6.07) is 21.5. The van der Waals surface area contributed by atoms with Gasteiger partial charge in [-0.05, 0) is 48.0 Å². The molecule has 0 aliphatic carbocycles. The fraction of sp³-hybridized carbons (Fsp3) is 0.0435. The van der Waals surface area contributed by atoms with Gasteiger partial charge in [0.25, 0.3) is 5.91 Å². The number of halogens is 1. The van der Waals surface area contributed by atoms with E-state index in [1.54, 1.807) is 30.5 Å². The zero-order valence-electron chi connectivity index (χ0n) is 16.4. The maximum absolute atomic E-state index is 13.3. The van der Waals surface area contributed by atoms with E-state index in [1.165, 1.54) is 23.5 Å². The van der Waals surface area contributed by atoms with Gasteiger partial charge in [0.2, 0.25) is 5.13 Å². The Morgan fingerprint density at radius 3 is 2.45 bits per heavy atom. The molecule has 0 radical (unpaired) electrons. The monoisotopic (exact) mass is 493 g/mol. The molecule has 0 aliphatic rings. The third kappa shape index (κ3) is 4.70. The van der Waals surface area contributed by atoms with Crippen LogP contribution in [-0.4, -0.2) is 30.2 Å². The number of ether oxygens (including phenoxy) is 1. The molecular formula is C23H16BrN3O3S. The van der Waals surface area contributed by atoms with Crippen LogP contribution in [0.3, 0.4) is 0 Å². The van der Waals surface area contributed by atoms with Crippen LogP contribution in [0.4, 0.5) is 5.13 Å². The van der Waals surface area contributed by atoms with Crippen molar-refractivity contribution < 1.29 is 14.3 Å². The van der Waals surface area contributed by atoms with Crippen LogP contribution in [0.5, 0.6) is 0 Å². The standard InChI is InChI=1S/C23H16BrN3O3S/c1-30-22(29)17-9-7-16(8-10-17)21(28)27(25-14-15-5-3-2-4-6-15)23-26-19-12-11-18(24)13-20(19)31-23/h2-14H,1H3/b25-14+. The molecule has 0 aliphatic heterocycles. The number of esters is 1. The minimum absolute atomic E-state index is 0.360. The summed E-state index contributed by atoms with van der Waals surface area (Å²) in [6.07, 6.45) is 1.61. The molecule has 0 bridgehead atoms. The largest absolute Gasteiger partial charge is 0.465 e. The molecule has 6 nitrogen and oxygen atoms in total. The summed E-state index contributed by atoms with van der Waals surface area (Å²) < 4.78 is 6.57. The highest BCUT2D eigenvalue weighted by molar-refractivity contribution is 9.10. The van der Waals surface area contributed by atoms with Gasteiger partial charge >= 0.3 is 5.97 Å². The van der Waals surface area contributed by atoms with Gasteiger partial charge in [-0.25, -0.2) is 9.78 Å². The number of thiazole rings is 1. The molecule has 1 heterocycles. The molecular weight excluding hydrogens is 478 g/mol. The van der Waals surface area contributed by atoms with E-state index in [0.717, 1.165) is 20.3 Å². The number of nitrogens with zero attached hydrogens (tertiary/aromatic N) is 3. The lowest BCUT2D eigenvalue weighted by molar-refractivity contribution is 0.0600. The summed E-state index contributed by atoms with van der Waals surface area (Å²) in [7, 11) is 1.31. The molecule has 1 aromatic heterocycles. The molecule has 0 unspecified atom stereocenters. The summed E-state index contributed by atoms with van der Waals surface area (Å²) in [5.74, 6) is -0.823. The minimum atomic E-state index is -0.463. The molecule has 154 valence electrons. The number of aromatic nitrogens is 1. The average molecular weight is 494 g/mol. The minimum Gasteiger partial charge on any atom is -0.465 e. The maximum atomic E-state index is 13.3. The highest BCUT2D eigenvalue weighted by atomic mass is 79.9. The van der Waals surface area contributed by atoms with Crippen molar-refractivity contribution in [1.29, 1.82) is 0 Å². The first-order valence-electron chi connectivity index (χ1n) is 9.23. The van der Waals surface area contributed by atoms with Crippen molar-refractivity contribution in [3.05, 3.63) is 94.0 Å². The van der Waals surface area contributed by atoms with E-state index in [0.29, 0.717) is 16.3 Å². The Balaban J connectivity index is 1.72. The SMILES string of the molecule is COC(=O)c1ccc(C(=O)N(/N=C/c2ccccc2)c2nc3ccc(Br)cc3s2)cc1. The maximum Gasteiger partial charge on any atom is 0.337 e. The van der Waals surface area contributed by atoms with Crippen LogP contribution in [0.1, 0.15) is 26.3 Å². The van der Waals surface area contributed by atoms with E-state index in [2.05, 4.69) is 26.0 Å². The van der Waals surface area contributed by atoms with Gasteiger partial charge in [-0.2, -0.15) is 10.1 Å². The third-order valence-electron chi connectivity index (χ3n) is 4.39. The summed E-state index contributed by atoms with van der Waals surface area (Å²) in [4.78, 5) is 29.6. The van der Waals surface area contributed by atoms with Gasteiger partial charge in [-0.15, -0.1) is 0 Å². The van der Waals surface area contributed by atoms with E-state index in [-0.39, 0.29) is 5.91 Å². The second-order valence-corrected chi connectivity index (χ2v) is 8.37. The molecule has 3 aromatic carbocycles. The number of hydrazone groups is 1. The van der Waals surface area contributed by atoms with Crippen molar-refractivity contribution in [2.45, 2.75) is 0 Å². The summed E-state index contributed by atoms with van der Waals surface area (Å²) in [6.45, 7) is 0. The number of amides is 1. The normalized spacial score (nSPS) is 11.0. The highest BCUT2D eigenvalue weighted by Gasteiger charge is 2.21. The Hall–Kier alpha value is -3.36. The Kier molecular flexibility index (Phi) is 6.20. The first kappa shape index (κ1) is 20.9. The summed E-state index contributed by atoms with van der Waals surface area (Å²) >= 11 is 4.83. The number of rotatable bonds is 5. The highest BCUT2D eigenvalue weighted by Crippen LogP contribution is 2.32. The Morgan fingerprint density at radius 2 is 1.74 bits per heavy atom. The first-order valence-corrected chi connectivity index (χ1v) is 10.8. The lowest BCUT2D eigenvalue weighted by Gasteiger charge is -2.14. The zero-order chi connectivity index (χ0) is 21.8. The molecule has 0 saturated carbocycles. The van der Waals surface area contributed by atoms with Crippen LogP contribution in [0, 0.1) is 0 Å². The quantitative estimate of drug-likeness (QED) is 0.208. The topological polar surface area (TPSA) is 71.9 Å². The van der Waals surface area contributed by atoms with Crippen LogP contribution >= 0.6 is 27.3 Å². The molecule has 31 heavy (non-hydrogen) atoms. The fourth-order valence-corrected chi connectivity index (χ4v) is 4.29. The molecule has 8 heteroatoms. The van der Waals surface area contributed by atoms with E-state index in [9.17, 15) is 9.59 Å². The second-order valence-electron chi connectivity index (χ2n) is 6.45. The Morgan fingerprint density at radius 1 is 1.03 bits per heavy atom. The van der Waals surface area contributed by atoms with Gasteiger partial charge in [0.1, 0.15) is 0 Å². The Bertz CT molecular complexity index is 1270. The lowest BCUT2D eigenvalue weighted by atomic mass is 10.1. The lowest BCUT2D eigenvalue weighted by Crippen LogP contribution is -2.25. The third-order valence-corrected chi connectivity index (χ3v) is 5.87. The van der Waals surface area contributed by atoms with E-state index in [4.69, 9.17) is 4.74 Å². The van der Waals surface area contributed by atoms with Gasteiger partial charge in [-0.3, -0.25) is 4.79 Å². The molecule has 0 fully saturated rings. The van der Waals surface area contributed by atoms with E-state index in [1.807, 2.05) is 48.5 Å². The number of benzene rings is 3. The van der Waals surface area contributed by atoms with E-state index >= 15 is 0 Å². The smallest absolute Gasteiger partial charge is 0.337 e. The van der Waals surface area contributed by atoms with Crippen molar-refractivity contribution in [3.8, 4) is 0 Å². The number of fused-ring (bicyclic) bond motifs is 1. The van der Waals surface area contributed by atoms with Crippen molar-refractivity contribution in [3.63, 3.8) is 0 Å². The molecule has 4 aromatic rings. The van der Waals surface area contributed by atoms with Crippen molar-refractivity contribution in [1.82, 2.24) is 4.98 Å². The molecule has 0 spiro atoms. The first-order chi connectivity index (χ1) is 15.0. The zero-order valence-corrected chi connectivity index (χ0v) is 18.8. The van der Waals surface area contributed by atoms with E-state index < -0.39 is 5.97 Å². The van der Waals surface area contributed by atoms with Gasteiger partial charge < -0.3 is 4.74 Å². The predicted molar refractivity (Wildman–Crippen MR) is 126 cm³/mol. The van der Waals surface area contributed by atoms with Crippen LogP contribution in [0.25, 0.3) is 10.2 Å². The number of anilines is 1. The van der Waals surface area contributed by atoms with Crippen LogP contribution in [0.2, 0.25) is 0 Å². The van der Waals surface area contributed by atoms with Gasteiger partial charge in [0.05, 0.1) is 29.1 Å². The summed E-state index contributed by atoms with van der Waals surface area (Å²) in [5, 5.41) is 6.16. The van der Waals surface area contributed by atoms with Gasteiger partial charge in [0.15, 0.2) is 0 Å². The second kappa shape index (κ2) is 9.20. The molecule has 1 amide bonds. The molecule has 4 rings (SSSR count). The number of carbonyl (C=O) groups is 2. The fourth-order valence-electron chi connectivity index (χ4n) is 2.82. The Labute approximate surface area is 190 Å². The van der Waals surface area contributed by atoms with Crippen LogP contribution < -0.4 is 5.01 Å². The van der Waals surface area contributed by atoms with Crippen LogP contribution in [-0.2, 0) is 4.74 Å². The van der Waals surface area contributed by atoms with Crippen molar-refractivity contribution >= 4 is 60.7 Å². The molecule has 0 saturated heterocycles. The molecule has 0 N–H and O–H groups in total. The number of carbonyl (C=O) groups excluding carboxylic acids is 2. The van der Waals surface area contributed by atoms with Crippen LogP contribution in [0.15, 0.2) is 82.4 Å². The number of methoxy groups -OCH3 is 1. The number of hydrogen-bond acceptors (Lipinski definition) is 6. The predicted octanol–water partition coefficient (Wildman–Crippen LogP) is 5.53. The average Bonchev–Trinajstić information content (AvgIpc) is 3.22. The number of hydrogen-bond donors (Lipinski definition) is 0. The van der Waals surface area contributed by atoms with Crippen molar-refractivity contribution in [2.24, 2.45) is 5.10 Å². The van der Waals surface area contributed by atoms with Crippen molar-refractivity contribution in [2.75, 3.05) is 12.1 Å². The summed E-state index contributed by atoms with van der Waals surface area (Å²) in [5.41, 5.74) is 2.36. The van der Waals surface area contributed by atoms with Gasteiger partial charge in [0, 0.05) is 10.0 Å².